The molecule has 3 amide bonds. The first-order chi connectivity index (χ1) is 12.6. The number of anilines is 1. The number of hydrogen-bond acceptors (Lipinski definition) is 2. The van der Waals surface area contributed by atoms with Gasteiger partial charge in [-0.25, -0.2) is 4.79 Å². The molecule has 1 atom stereocenters. The molecule has 1 aliphatic heterocycles. The van der Waals surface area contributed by atoms with Gasteiger partial charge in [0.1, 0.15) is 0 Å². The van der Waals surface area contributed by atoms with E-state index in [9.17, 15) is 9.59 Å². The highest BCUT2D eigenvalue weighted by molar-refractivity contribution is 5.89. The van der Waals surface area contributed by atoms with Crippen molar-refractivity contribution in [1.82, 2.24) is 10.2 Å². The second-order valence-corrected chi connectivity index (χ2v) is 7.84. The minimum Gasteiger partial charge on any atom is -0.353 e. The maximum atomic E-state index is 12.5. The molecule has 2 aliphatic rings. The number of rotatable bonds is 5. The van der Waals surface area contributed by atoms with Gasteiger partial charge in [-0.1, -0.05) is 30.5 Å². The molecule has 1 saturated carbocycles. The molecule has 2 N–H and O–H groups in total. The molecule has 0 bridgehead atoms. The molecule has 0 aromatic heterocycles. The zero-order valence-electron chi connectivity index (χ0n) is 15.8. The fourth-order valence-corrected chi connectivity index (χ4v) is 4.03. The Hall–Kier alpha value is -2.04. The van der Waals surface area contributed by atoms with E-state index in [1.165, 1.54) is 18.4 Å². The van der Waals surface area contributed by atoms with E-state index in [2.05, 4.69) is 10.6 Å². The smallest absolute Gasteiger partial charge is 0.321 e. The van der Waals surface area contributed by atoms with Gasteiger partial charge < -0.3 is 15.5 Å². The van der Waals surface area contributed by atoms with Crippen molar-refractivity contribution in [3.63, 3.8) is 0 Å². The van der Waals surface area contributed by atoms with E-state index in [4.69, 9.17) is 0 Å². The SMILES string of the molecule is Cc1ccc(NC(=O)N2CCCC(CCC(=O)NC3CCCC3)C2)cc1. The van der Waals surface area contributed by atoms with Gasteiger partial charge in [0.25, 0.3) is 0 Å². The molecule has 1 aromatic carbocycles. The summed E-state index contributed by atoms with van der Waals surface area (Å²) in [4.78, 5) is 26.5. The Morgan fingerprint density at radius 2 is 1.81 bits per heavy atom. The van der Waals surface area contributed by atoms with Crippen LogP contribution in [-0.2, 0) is 4.79 Å². The van der Waals surface area contributed by atoms with E-state index in [1.54, 1.807) is 0 Å². The number of piperidine rings is 1. The normalized spacial score (nSPS) is 20.8. The van der Waals surface area contributed by atoms with Crippen molar-refractivity contribution < 1.29 is 9.59 Å². The van der Waals surface area contributed by atoms with Gasteiger partial charge >= 0.3 is 6.03 Å². The Kier molecular flexibility index (Phi) is 6.53. The fraction of sp³-hybridized carbons (Fsp3) is 0.619. The second kappa shape index (κ2) is 9.06. The molecular formula is C21H31N3O2. The molecule has 2 fully saturated rings. The van der Waals surface area contributed by atoms with Crippen LogP contribution in [0.2, 0.25) is 0 Å². The number of nitrogens with one attached hydrogen (secondary N) is 2. The molecule has 1 aromatic rings. The first-order valence-electron chi connectivity index (χ1n) is 10.0. The van der Waals surface area contributed by atoms with E-state index in [1.807, 2.05) is 36.1 Å². The third-order valence-corrected chi connectivity index (χ3v) is 5.61. The first-order valence-corrected chi connectivity index (χ1v) is 10.0. The summed E-state index contributed by atoms with van der Waals surface area (Å²) in [7, 11) is 0. The highest BCUT2D eigenvalue weighted by Gasteiger charge is 2.25. The number of amides is 3. The van der Waals surface area contributed by atoms with Gasteiger partial charge in [0.2, 0.25) is 5.91 Å². The van der Waals surface area contributed by atoms with Crippen LogP contribution in [0.4, 0.5) is 10.5 Å². The number of likely N-dealkylation sites (tertiary alicyclic amines) is 1. The van der Waals surface area contributed by atoms with Gasteiger partial charge in [-0.05, 0) is 57.1 Å². The summed E-state index contributed by atoms with van der Waals surface area (Å²) in [5.41, 5.74) is 2.01. The average molecular weight is 357 g/mol. The lowest BCUT2D eigenvalue weighted by molar-refractivity contribution is -0.122. The zero-order valence-corrected chi connectivity index (χ0v) is 15.8. The minimum absolute atomic E-state index is 0.0334. The lowest BCUT2D eigenvalue weighted by Gasteiger charge is -2.32. The van der Waals surface area contributed by atoms with Crippen molar-refractivity contribution in [1.29, 1.82) is 0 Å². The summed E-state index contributed by atoms with van der Waals surface area (Å²) in [6.07, 6.45) is 8.28. The van der Waals surface area contributed by atoms with Crippen LogP contribution in [0.3, 0.4) is 0 Å². The third-order valence-electron chi connectivity index (χ3n) is 5.61. The number of urea groups is 1. The summed E-state index contributed by atoms with van der Waals surface area (Å²) in [5, 5.41) is 6.14. The van der Waals surface area contributed by atoms with Crippen LogP contribution in [0, 0.1) is 12.8 Å². The van der Waals surface area contributed by atoms with Crippen molar-refractivity contribution in [3.05, 3.63) is 29.8 Å². The summed E-state index contributed by atoms with van der Waals surface area (Å²) in [6, 6.07) is 8.22. The number of nitrogens with zero attached hydrogens (tertiary/aromatic N) is 1. The second-order valence-electron chi connectivity index (χ2n) is 7.84. The van der Waals surface area contributed by atoms with Gasteiger partial charge in [0.15, 0.2) is 0 Å². The molecule has 5 heteroatoms. The van der Waals surface area contributed by atoms with E-state index in [-0.39, 0.29) is 11.9 Å². The Morgan fingerprint density at radius 1 is 1.08 bits per heavy atom. The molecule has 1 aliphatic carbocycles. The predicted molar refractivity (Wildman–Crippen MR) is 104 cm³/mol. The monoisotopic (exact) mass is 357 g/mol. The zero-order chi connectivity index (χ0) is 18.4. The number of aryl methyl sites for hydroxylation is 1. The van der Waals surface area contributed by atoms with Crippen LogP contribution in [-0.4, -0.2) is 36.0 Å². The van der Waals surface area contributed by atoms with Crippen LogP contribution in [0.1, 0.15) is 56.9 Å². The fourth-order valence-electron chi connectivity index (χ4n) is 4.03. The van der Waals surface area contributed by atoms with Crippen LogP contribution >= 0.6 is 0 Å². The quantitative estimate of drug-likeness (QED) is 0.834. The number of carbonyl (C=O) groups is 2. The molecule has 0 spiro atoms. The molecule has 26 heavy (non-hydrogen) atoms. The third kappa shape index (κ3) is 5.48. The Bertz CT molecular complexity index is 608. The number of hydrogen-bond donors (Lipinski definition) is 2. The number of carbonyl (C=O) groups excluding carboxylic acids is 2. The van der Waals surface area contributed by atoms with E-state index in [0.29, 0.717) is 18.4 Å². The molecule has 3 rings (SSSR count). The Labute approximate surface area is 156 Å². The number of benzene rings is 1. The predicted octanol–water partition coefficient (Wildman–Crippen LogP) is 4.08. The molecule has 1 unspecified atom stereocenters. The highest BCUT2D eigenvalue weighted by Crippen LogP contribution is 2.23. The molecule has 5 nitrogen and oxygen atoms in total. The van der Waals surface area contributed by atoms with E-state index in [0.717, 1.165) is 50.9 Å². The standard InChI is InChI=1S/C21H31N3O2/c1-16-8-11-19(12-9-16)23-21(26)24-14-4-5-17(15-24)10-13-20(25)22-18-6-2-3-7-18/h8-9,11-12,17-18H,2-7,10,13-15H2,1H3,(H,22,25)(H,23,26). The van der Waals surface area contributed by atoms with Crippen molar-refractivity contribution in [3.8, 4) is 0 Å². The maximum absolute atomic E-state index is 12.5. The Morgan fingerprint density at radius 3 is 2.54 bits per heavy atom. The van der Waals surface area contributed by atoms with Gasteiger partial charge in [-0.2, -0.15) is 0 Å². The topological polar surface area (TPSA) is 61.4 Å². The van der Waals surface area contributed by atoms with Gasteiger partial charge in [-0.15, -0.1) is 0 Å². The van der Waals surface area contributed by atoms with E-state index < -0.39 is 0 Å². The highest BCUT2D eigenvalue weighted by atomic mass is 16.2. The Balaban J connectivity index is 1.42. The molecule has 0 radical (unpaired) electrons. The summed E-state index contributed by atoms with van der Waals surface area (Å²) in [5.74, 6) is 0.597. The first kappa shape index (κ1) is 18.7. The van der Waals surface area contributed by atoms with Crippen molar-refractivity contribution >= 4 is 17.6 Å². The van der Waals surface area contributed by atoms with Crippen LogP contribution < -0.4 is 10.6 Å². The maximum Gasteiger partial charge on any atom is 0.321 e. The van der Waals surface area contributed by atoms with Crippen LogP contribution in [0.5, 0.6) is 0 Å². The van der Waals surface area contributed by atoms with Gasteiger partial charge in [0, 0.05) is 31.2 Å². The van der Waals surface area contributed by atoms with Crippen molar-refractivity contribution in [2.24, 2.45) is 5.92 Å². The van der Waals surface area contributed by atoms with Crippen LogP contribution in [0.15, 0.2) is 24.3 Å². The average Bonchev–Trinajstić information content (AvgIpc) is 3.15. The lowest BCUT2D eigenvalue weighted by Crippen LogP contribution is -2.42. The van der Waals surface area contributed by atoms with Gasteiger partial charge in [-0.3, -0.25) is 4.79 Å². The lowest BCUT2D eigenvalue weighted by atomic mass is 9.93. The van der Waals surface area contributed by atoms with Crippen LogP contribution in [0.25, 0.3) is 0 Å². The molecular weight excluding hydrogens is 326 g/mol. The molecule has 1 saturated heterocycles. The van der Waals surface area contributed by atoms with E-state index >= 15 is 0 Å². The summed E-state index contributed by atoms with van der Waals surface area (Å²) in [6.45, 7) is 3.57. The van der Waals surface area contributed by atoms with Crippen molar-refractivity contribution in [2.75, 3.05) is 18.4 Å². The molecule has 1 heterocycles. The summed E-state index contributed by atoms with van der Waals surface area (Å²) < 4.78 is 0. The summed E-state index contributed by atoms with van der Waals surface area (Å²) >= 11 is 0. The molecule has 142 valence electrons. The minimum atomic E-state index is -0.0334. The largest absolute Gasteiger partial charge is 0.353 e. The van der Waals surface area contributed by atoms with Gasteiger partial charge in [0.05, 0.1) is 0 Å². The van der Waals surface area contributed by atoms with Crippen molar-refractivity contribution in [2.45, 2.75) is 64.3 Å².